The Morgan fingerprint density at radius 1 is 0.978 bits per heavy atom. The first-order valence-corrected chi connectivity index (χ1v) is 15.9. The molecule has 2 aromatic rings. The van der Waals surface area contributed by atoms with Crippen LogP contribution in [0.25, 0.3) is 0 Å². The number of benzene rings is 2. The molecule has 2 fully saturated rings. The van der Waals surface area contributed by atoms with E-state index in [0.29, 0.717) is 17.5 Å². The highest BCUT2D eigenvalue weighted by atomic mass is 16.6. The summed E-state index contributed by atoms with van der Waals surface area (Å²) in [6.45, 7) is 5.60. The molecule has 46 heavy (non-hydrogen) atoms. The SMILES string of the molecule is CC(C)(C)N1C/C=C\CCC(=O)NC[C@@H](c2ccccc2)OC(=O)[C@@H]2[C@@H]3C=C[C@]4(O3)[C@H](C1=O)N([C@H](CO)c1ccccc1)C(=O)[C@@H]24. The van der Waals surface area contributed by atoms with E-state index >= 15 is 0 Å². The number of rotatable bonds is 4. The third kappa shape index (κ3) is 5.54. The number of carbonyl (C=O) groups is 4. The van der Waals surface area contributed by atoms with E-state index in [-0.39, 0.29) is 31.3 Å². The molecule has 4 aliphatic heterocycles. The summed E-state index contributed by atoms with van der Waals surface area (Å²) in [6.07, 6.45) is 6.31. The zero-order chi connectivity index (χ0) is 32.6. The number of amides is 3. The van der Waals surface area contributed by atoms with Gasteiger partial charge in [0.25, 0.3) is 0 Å². The van der Waals surface area contributed by atoms with Crippen LogP contribution in [0.4, 0.5) is 0 Å². The number of cyclic esters (lactones) is 1. The van der Waals surface area contributed by atoms with Crippen molar-refractivity contribution < 1.29 is 33.8 Å². The van der Waals surface area contributed by atoms with E-state index in [1.54, 1.807) is 17.1 Å². The fraction of sp³-hybridized carbons (Fsp3) is 0.444. The van der Waals surface area contributed by atoms with Gasteiger partial charge in [0.2, 0.25) is 17.7 Å². The lowest BCUT2D eigenvalue weighted by Crippen LogP contribution is -2.60. The molecule has 1 spiro atoms. The Balaban J connectivity index is 1.47. The van der Waals surface area contributed by atoms with Gasteiger partial charge in [-0.15, -0.1) is 0 Å². The Morgan fingerprint density at radius 2 is 1.67 bits per heavy atom. The van der Waals surface area contributed by atoms with Gasteiger partial charge >= 0.3 is 5.97 Å². The third-order valence-electron chi connectivity index (χ3n) is 9.49. The molecule has 5 bridgehead atoms. The molecule has 0 unspecified atom stereocenters. The monoisotopic (exact) mass is 627 g/mol. The molecule has 2 aromatic carbocycles. The van der Waals surface area contributed by atoms with Crippen molar-refractivity contribution in [2.75, 3.05) is 19.7 Å². The van der Waals surface area contributed by atoms with Crippen molar-refractivity contribution in [1.29, 1.82) is 0 Å². The van der Waals surface area contributed by atoms with E-state index in [4.69, 9.17) is 9.47 Å². The number of allylic oxidation sites excluding steroid dienone is 1. The van der Waals surface area contributed by atoms with Gasteiger partial charge in [-0.2, -0.15) is 0 Å². The van der Waals surface area contributed by atoms with Crippen LogP contribution in [-0.2, 0) is 28.7 Å². The van der Waals surface area contributed by atoms with Crippen molar-refractivity contribution in [1.82, 2.24) is 15.1 Å². The zero-order valence-corrected chi connectivity index (χ0v) is 26.4. The van der Waals surface area contributed by atoms with Crippen molar-refractivity contribution in [3.8, 4) is 0 Å². The number of carbonyl (C=O) groups excluding carboxylic acids is 4. The van der Waals surface area contributed by atoms with E-state index in [1.807, 2.05) is 93.6 Å². The van der Waals surface area contributed by atoms with Gasteiger partial charge in [-0.3, -0.25) is 19.2 Å². The van der Waals surface area contributed by atoms with Gasteiger partial charge in [-0.05, 0) is 38.3 Å². The highest BCUT2D eigenvalue weighted by Crippen LogP contribution is 2.57. The van der Waals surface area contributed by atoms with Crippen molar-refractivity contribution in [2.45, 2.75) is 69.0 Å². The van der Waals surface area contributed by atoms with Crippen molar-refractivity contribution in [2.24, 2.45) is 11.8 Å². The molecule has 0 aliphatic carbocycles. The van der Waals surface area contributed by atoms with Crippen LogP contribution in [0.1, 0.15) is 56.9 Å². The van der Waals surface area contributed by atoms with Crippen molar-refractivity contribution in [3.63, 3.8) is 0 Å². The first-order valence-electron chi connectivity index (χ1n) is 15.9. The lowest BCUT2D eigenvalue weighted by Gasteiger charge is -2.43. The fourth-order valence-corrected chi connectivity index (χ4v) is 7.29. The Bertz CT molecular complexity index is 1540. The number of ether oxygens (including phenoxy) is 2. The maximum atomic E-state index is 14.9. The minimum absolute atomic E-state index is 0.0573. The molecule has 4 heterocycles. The number of nitrogens with one attached hydrogen (secondary N) is 1. The molecule has 3 amide bonds. The van der Waals surface area contributed by atoms with Gasteiger partial charge in [-0.1, -0.05) is 85.0 Å². The number of aliphatic hydroxyl groups excluding tert-OH is 1. The van der Waals surface area contributed by atoms with Crippen molar-refractivity contribution in [3.05, 3.63) is 96.1 Å². The summed E-state index contributed by atoms with van der Waals surface area (Å²) < 4.78 is 12.7. The maximum absolute atomic E-state index is 14.9. The Labute approximate surface area is 269 Å². The summed E-state index contributed by atoms with van der Waals surface area (Å²) in [6, 6.07) is 16.2. The largest absolute Gasteiger partial charge is 0.455 e. The second-order valence-corrected chi connectivity index (χ2v) is 13.3. The van der Waals surface area contributed by atoms with Crippen LogP contribution in [-0.4, -0.2) is 81.6 Å². The molecule has 4 aliphatic rings. The minimum atomic E-state index is -1.44. The molecular formula is C36H41N3O7. The fourth-order valence-electron chi connectivity index (χ4n) is 7.29. The van der Waals surface area contributed by atoms with Crippen molar-refractivity contribution >= 4 is 23.7 Å². The van der Waals surface area contributed by atoms with E-state index in [2.05, 4.69) is 5.32 Å². The molecule has 7 atom stereocenters. The highest BCUT2D eigenvalue weighted by Gasteiger charge is 2.74. The predicted molar refractivity (Wildman–Crippen MR) is 169 cm³/mol. The average molecular weight is 628 g/mol. The lowest BCUT2D eigenvalue weighted by atomic mass is 9.74. The second kappa shape index (κ2) is 12.5. The predicted octanol–water partition coefficient (Wildman–Crippen LogP) is 3.25. The zero-order valence-electron chi connectivity index (χ0n) is 26.4. The molecule has 0 saturated carbocycles. The Hall–Kier alpha value is -4.28. The number of fused-ring (bicyclic) bond motifs is 2. The first-order chi connectivity index (χ1) is 22.1. The van der Waals surface area contributed by atoms with Crippen LogP contribution in [0, 0.1) is 11.8 Å². The van der Waals surface area contributed by atoms with Gasteiger partial charge in [0, 0.05) is 18.5 Å². The van der Waals surface area contributed by atoms with Gasteiger partial charge in [0.1, 0.15) is 23.7 Å². The standard InChI is InChI=1S/C36H41N3O7/c1-35(2,3)38-20-12-6-11-17-28(41)37-21-27(24-15-9-5-10-16-24)45-34(44)29-26-18-19-36(46-26)30(29)32(42)39(31(36)33(38)43)25(22-40)23-13-7-4-8-14-23/h4-10,12-16,18-19,25-27,29-31,40H,11,17,20-22H2,1-3H3,(H,37,41)/b12-6-/t25-,26+,27+,29-,30-,31+,36-/m1/s1. The second-order valence-electron chi connectivity index (χ2n) is 13.3. The summed E-state index contributed by atoms with van der Waals surface area (Å²) in [5, 5.41) is 13.6. The first kappa shape index (κ1) is 31.7. The van der Waals surface area contributed by atoms with Gasteiger partial charge < -0.3 is 29.7 Å². The molecule has 0 radical (unpaired) electrons. The number of esters is 1. The van der Waals surface area contributed by atoms with Crippen LogP contribution in [0.3, 0.4) is 0 Å². The van der Waals surface area contributed by atoms with Gasteiger partial charge in [-0.25, -0.2) is 0 Å². The van der Waals surface area contributed by atoms with Crippen LogP contribution in [0.15, 0.2) is 85.0 Å². The quantitative estimate of drug-likeness (QED) is 0.394. The molecule has 10 heteroatoms. The highest BCUT2D eigenvalue weighted by molar-refractivity contribution is 5.99. The molecular weight excluding hydrogens is 586 g/mol. The van der Waals surface area contributed by atoms with Crippen LogP contribution in [0.5, 0.6) is 0 Å². The maximum Gasteiger partial charge on any atom is 0.313 e. The van der Waals surface area contributed by atoms with Crippen LogP contribution in [0.2, 0.25) is 0 Å². The number of nitrogens with zero attached hydrogens (tertiary/aromatic N) is 2. The summed E-state index contributed by atoms with van der Waals surface area (Å²) in [5.41, 5.74) is -0.744. The number of hydrogen-bond donors (Lipinski definition) is 2. The summed E-state index contributed by atoms with van der Waals surface area (Å²) in [5.74, 6) is -3.74. The summed E-state index contributed by atoms with van der Waals surface area (Å²) in [7, 11) is 0. The van der Waals surface area contributed by atoms with Gasteiger partial charge in [0.05, 0.1) is 31.2 Å². The van der Waals surface area contributed by atoms with E-state index in [9.17, 15) is 24.3 Å². The summed E-state index contributed by atoms with van der Waals surface area (Å²) >= 11 is 0. The van der Waals surface area contributed by atoms with Crippen LogP contribution >= 0.6 is 0 Å². The third-order valence-corrected chi connectivity index (χ3v) is 9.49. The van der Waals surface area contributed by atoms with E-state index in [0.717, 1.165) is 0 Å². The van der Waals surface area contributed by atoms with Gasteiger partial charge in [0.15, 0.2) is 0 Å². The molecule has 242 valence electrons. The topological polar surface area (TPSA) is 125 Å². The normalized spacial score (nSPS) is 31.4. The smallest absolute Gasteiger partial charge is 0.313 e. The number of hydrogen-bond acceptors (Lipinski definition) is 7. The Kier molecular flexibility index (Phi) is 8.60. The van der Waals surface area contributed by atoms with E-state index < -0.39 is 65.8 Å². The molecule has 10 nitrogen and oxygen atoms in total. The Morgan fingerprint density at radius 3 is 2.35 bits per heavy atom. The lowest BCUT2D eigenvalue weighted by molar-refractivity contribution is -0.161. The molecule has 0 aromatic heterocycles. The number of aliphatic hydroxyl groups is 1. The number of likely N-dealkylation sites (tertiary alicyclic amines) is 1. The minimum Gasteiger partial charge on any atom is -0.455 e. The average Bonchev–Trinajstić information content (AvgIpc) is 3.68. The molecule has 6 rings (SSSR count). The molecule has 2 N–H and O–H groups in total. The molecule has 2 saturated heterocycles. The van der Waals surface area contributed by atoms with Crippen LogP contribution < -0.4 is 5.32 Å². The van der Waals surface area contributed by atoms with E-state index in [1.165, 1.54) is 4.90 Å². The summed E-state index contributed by atoms with van der Waals surface area (Å²) in [4.78, 5) is 59.6.